The molecule has 0 saturated heterocycles. The maximum atomic E-state index is 10.8. The summed E-state index contributed by atoms with van der Waals surface area (Å²) in [6.07, 6.45) is 0.868. The van der Waals surface area contributed by atoms with Crippen LogP contribution in [0, 0.1) is 0 Å². The SMILES string of the molecule is C=CC(=O)OCC(O)COCCC[Si](OC)(OC)OC.[SiH4]. The first-order valence-corrected chi connectivity index (χ1v) is 8.17. The van der Waals surface area contributed by atoms with Crippen molar-refractivity contribution in [3.63, 3.8) is 0 Å². The van der Waals surface area contributed by atoms with Crippen LogP contribution >= 0.6 is 0 Å². The van der Waals surface area contributed by atoms with Gasteiger partial charge in [-0.15, -0.1) is 0 Å². The van der Waals surface area contributed by atoms with Gasteiger partial charge in [-0.2, -0.15) is 0 Å². The molecule has 0 aliphatic carbocycles. The van der Waals surface area contributed by atoms with Crippen molar-refractivity contribution in [3.05, 3.63) is 12.7 Å². The normalized spacial score (nSPS) is 12.4. The fourth-order valence-electron chi connectivity index (χ4n) is 1.45. The van der Waals surface area contributed by atoms with Crippen LogP contribution < -0.4 is 0 Å². The Kier molecular flexibility index (Phi) is 14.2. The Balaban J connectivity index is 0. The van der Waals surface area contributed by atoms with Crippen molar-refractivity contribution in [3.8, 4) is 0 Å². The van der Waals surface area contributed by atoms with Crippen LogP contribution in [0.1, 0.15) is 6.42 Å². The monoisotopic (exact) mass is 340 g/mol. The van der Waals surface area contributed by atoms with Crippen LogP contribution in [0.5, 0.6) is 0 Å². The highest BCUT2D eigenvalue weighted by Crippen LogP contribution is 2.14. The van der Waals surface area contributed by atoms with Crippen molar-refractivity contribution in [2.45, 2.75) is 18.6 Å². The molecule has 0 spiro atoms. The maximum absolute atomic E-state index is 10.8. The van der Waals surface area contributed by atoms with Gasteiger partial charge in [0, 0.05) is 40.1 Å². The molecule has 0 fully saturated rings. The number of aliphatic hydroxyl groups excluding tert-OH is 1. The number of hydrogen-bond donors (Lipinski definition) is 1. The van der Waals surface area contributed by atoms with Crippen LogP contribution in [0.15, 0.2) is 12.7 Å². The molecule has 1 unspecified atom stereocenters. The smallest absolute Gasteiger partial charge is 0.460 e. The van der Waals surface area contributed by atoms with Crippen LogP contribution in [-0.2, 0) is 27.5 Å². The molecule has 0 aliphatic rings. The minimum Gasteiger partial charge on any atom is -0.460 e. The predicted molar refractivity (Wildman–Crippen MR) is 85.5 cm³/mol. The molecule has 0 aromatic carbocycles. The van der Waals surface area contributed by atoms with E-state index >= 15 is 0 Å². The molecule has 0 aromatic rings. The number of rotatable bonds is 12. The number of hydrogen-bond acceptors (Lipinski definition) is 7. The van der Waals surface area contributed by atoms with Crippen molar-refractivity contribution in [1.82, 2.24) is 0 Å². The molecule has 0 saturated carbocycles. The van der Waals surface area contributed by atoms with Crippen molar-refractivity contribution < 1.29 is 32.7 Å². The Hall–Kier alpha value is -0.556. The molecule has 7 nitrogen and oxygen atoms in total. The molecule has 0 aliphatic heterocycles. The lowest BCUT2D eigenvalue weighted by Gasteiger charge is -2.24. The zero-order valence-corrected chi connectivity index (χ0v) is 13.3. The number of carbonyl (C=O) groups excluding carboxylic acids is 1. The van der Waals surface area contributed by atoms with Crippen LogP contribution in [0.3, 0.4) is 0 Å². The number of carbonyl (C=O) groups is 1. The van der Waals surface area contributed by atoms with Gasteiger partial charge in [-0.3, -0.25) is 0 Å². The third-order valence-corrected chi connectivity index (χ3v) is 5.43. The van der Waals surface area contributed by atoms with Crippen molar-refractivity contribution >= 4 is 25.7 Å². The Morgan fingerprint density at radius 1 is 1.24 bits per heavy atom. The minimum absolute atomic E-state index is 0. The molecule has 126 valence electrons. The molecule has 0 rings (SSSR count). The lowest BCUT2D eigenvalue weighted by molar-refractivity contribution is -0.141. The fourth-order valence-corrected chi connectivity index (χ4v) is 3.14. The Morgan fingerprint density at radius 3 is 2.29 bits per heavy atom. The van der Waals surface area contributed by atoms with E-state index in [0.717, 1.165) is 6.08 Å². The topological polar surface area (TPSA) is 83.5 Å². The first-order valence-electron chi connectivity index (χ1n) is 6.24. The van der Waals surface area contributed by atoms with E-state index < -0.39 is 20.9 Å². The highest BCUT2D eigenvalue weighted by Gasteiger charge is 2.36. The summed E-state index contributed by atoms with van der Waals surface area (Å²) in [6.45, 7) is 3.66. The standard InChI is InChI=1S/C12H24O7Si.H4Si/c1-5-12(14)19-10-11(13)9-18-7-6-8-20(15-2,16-3)17-4;/h5,11,13H,1,6-10H2,2-4H3;1H4. The van der Waals surface area contributed by atoms with Gasteiger partial charge in [0.15, 0.2) is 0 Å². The van der Waals surface area contributed by atoms with Crippen LogP contribution in [-0.4, -0.2) is 78.1 Å². The summed E-state index contributed by atoms with van der Waals surface area (Å²) in [4.78, 5) is 10.8. The molecule has 0 radical (unpaired) electrons. The highest BCUT2D eigenvalue weighted by molar-refractivity contribution is 6.60. The van der Waals surface area contributed by atoms with Gasteiger partial charge in [0.05, 0.1) is 6.61 Å². The first-order chi connectivity index (χ1) is 9.53. The Bertz CT molecular complexity index is 277. The van der Waals surface area contributed by atoms with Gasteiger partial charge in [-0.05, 0) is 17.4 Å². The molecule has 21 heavy (non-hydrogen) atoms. The third-order valence-electron chi connectivity index (χ3n) is 2.60. The van der Waals surface area contributed by atoms with E-state index in [9.17, 15) is 9.90 Å². The average Bonchev–Trinajstić information content (AvgIpc) is 2.49. The molecule has 1 atom stereocenters. The number of aliphatic hydroxyl groups is 1. The molecule has 9 heteroatoms. The summed E-state index contributed by atoms with van der Waals surface area (Å²) in [7, 11) is 2.11. The van der Waals surface area contributed by atoms with E-state index in [4.69, 9.17) is 18.0 Å². The van der Waals surface area contributed by atoms with E-state index in [1.54, 1.807) is 21.3 Å². The van der Waals surface area contributed by atoms with E-state index in [1.807, 2.05) is 0 Å². The quantitative estimate of drug-likeness (QED) is 0.209. The van der Waals surface area contributed by atoms with Gasteiger partial charge in [0.2, 0.25) is 0 Å². The summed E-state index contributed by atoms with van der Waals surface area (Å²) in [5.74, 6) is -0.569. The second-order valence-corrected chi connectivity index (χ2v) is 7.05. The van der Waals surface area contributed by atoms with Crippen LogP contribution in [0.25, 0.3) is 0 Å². The van der Waals surface area contributed by atoms with Gasteiger partial charge in [0.1, 0.15) is 12.7 Å². The molecular weight excluding hydrogens is 312 g/mol. The van der Waals surface area contributed by atoms with Crippen LogP contribution in [0.4, 0.5) is 0 Å². The lowest BCUT2D eigenvalue weighted by atomic mass is 10.4. The van der Waals surface area contributed by atoms with Crippen molar-refractivity contribution in [1.29, 1.82) is 0 Å². The second-order valence-electron chi connectivity index (χ2n) is 3.96. The van der Waals surface area contributed by atoms with E-state index in [1.165, 1.54) is 0 Å². The first kappa shape index (κ1) is 22.7. The number of esters is 1. The van der Waals surface area contributed by atoms with E-state index in [-0.39, 0.29) is 24.2 Å². The summed E-state index contributed by atoms with van der Waals surface area (Å²) in [5.41, 5.74) is 0. The molecule has 0 amide bonds. The third kappa shape index (κ3) is 9.90. The number of ether oxygens (including phenoxy) is 2. The highest BCUT2D eigenvalue weighted by atomic mass is 28.4. The maximum Gasteiger partial charge on any atom is 0.500 e. The Morgan fingerprint density at radius 2 is 1.81 bits per heavy atom. The van der Waals surface area contributed by atoms with Crippen molar-refractivity contribution in [2.24, 2.45) is 0 Å². The summed E-state index contributed by atoms with van der Waals surface area (Å²) in [5, 5.41) is 9.49. The molecule has 0 aromatic heterocycles. The van der Waals surface area contributed by atoms with Gasteiger partial charge in [-0.1, -0.05) is 6.58 Å². The molecular formula is C12H28O7Si2. The zero-order chi connectivity index (χ0) is 15.4. The lowest BCUT2D eigenvalue weighted by Crippen LogP contribution is -2.42. The van der Waals surface area contributed by atoms with Gasteiger partial charge < -0.3 is 27.9 Å². The summed E-state index contributed by atoms with van der Waals surface area (Å²) in [6, 6.07) is 0.623. The van der Waals surface area contributed by atoms with Crippen molar-refractivity contribution in [2.75, 3.05) is 41.2 Å². The van der Waals surface area contributed by atoms with Gasteiger partial charge >= 0.3 is 14.8 Å². The second kappa shape index (κ2) is 13.1. The predicted octanol–water partition coefficient (Wildman–Crippen LogP) is -1.09. The largest absolute Gasteiger partial charge is 0.500 e. The van der Waals surface area contributed by atoms with Crippen LogP contribution in [0.2, 0.25) is 6.04 Å². The summed E-state index contributed by atoms with van der Waals surface area (Å²) >= 11 is 0. The zero-order valence-electron chi connectivity index (χ0n) is 12.3. The average molecular weight is 341 g/mol. The summed E-state index contributed by atoms with van der Waals surface area (Å²) < 4.78 is 25.7. The fraction of sp³-hybridized carbons (Fsp3) is 0.750. The molecule has 0 bridgehead atoms. The molecule has 1 N–H and O–H groups in total. The van der Waals surface area contributed by atoms with E-state index in [0.29, 0.717) is 19.1 Å². The minimum atomic E-state index is -2.55. The van der Waals surface area contributed by atoms with Gasteiger partial charge in [0.25, 0.3) is 0 Å². The van der Waals surface area contributed by atoms with E-state index in [2.05, 4.69) is 11.3 Å². The van der Waals surface area contributed by atoms with Gasteiger partial charge in [-0.25, -0.2) is 4.79 Å². The Labute approximate surface area is 131 Å². The molecule has 0 heterocycles.